The topological polar surface area (TPSA) is 55.5 Å². The molecule has 1 atom stereocenters. The van der Waals surface area contributed by atoms with Crippen molar-refractivity contribution in [2.75, 3.05) is 7.11 Å². The van der Waals surface area contributed by atoms with Gasteiger partial charge in [-0.25, -0.2) is 0 Å². The largest absolute Gasteiger partial charge is 0.508 e. The van der Waals surface area contributed by atoms with Gasteiger partial charge in [0.25, 0.3) is 0 Å². The fraction of sp³-hybridized carbons (Fsp3) is 0.333. The standard InChI is InChI=1S/C12H17NO2/c1-8(2)6-11(13)10-7-9(15-3)4-5-12(10)14/h4-5,7,11,14H,1,6,13H2,2-3H3/t11-/m0/s1. The summed E-state index contributed by atoms with van der Waals surface area (Å²) in [5.74, 6) is 0.893. The monoisotopic (exact) mass is 207 g/mol. The molecule has 0 aliphatic carbocycles. The summed E-state index contributed by atoms with van der Waals surface area (Å²) in [7, 11) is 1.58. The fourth-order valence-corrected chi connectivity index (χ4v) is 1.44. The van der Waals surface area contributed by atoms with E-state index < -0.39 is 0 Å². The number of benzene rings is 1. The average Bonchev–Trinajstić information content (AvgIpc) is 2.17. The van der Waals surface area contributed by atoms with Gasteiger partial charge in [0, 0.05) is 11.6 Å². The number of ether oxygens (including phenoxy) is 1. The quantitative estimate of drug-likeness (QED) is 0.745. The maximum absolute atomic E-state index is 9.65. The van der Waals surface area contributed by atoms with Crippen molar-refractivity contribution in [2.45, 2.75) is 19.4 Å². The Hall–Kier alpha value is -1.48. The molecule has 0 fully saturated rings. The molecule has 0 bridgehead atoms. The highest BCUT2D eigenvalue weighted by molar-refractivity contribution is 5.41. The van der Waals surface area contributed by atoms with Gasteiger partial charge in [-0.05, 0) is 31.5 Å². The summed E-state index contributed by atoms with van der Waals surface area (Å²) in [5.41, 5.74) is 7.63. The molecule has 15 heavy (non-hydrogen) atoms. The summed E-state index contributed by atoms with van der Waals surface area (Å²) in [4.78, 5) is 0. The number of nitrogens with two attached hydrogens (primary N) is 1. The zero-order valence-electron chi connectivity index (χ0n) is 9.16. The molecule has 1 rings (SSSR count). The molecule has 3 heteroatoms. The number of hydrogen-bond acceptors (Lipinski definition) is 3. The molecule has 0 saturated carbocycles. The van der Waals surface area contributed by atoms with Gasteiger partial charge in [0.15, 0.2) is 0 Å². The van der Waals surface area contributed by atoms with Gasteiger partial charge in [0.1, 0.15) is 11.5 Å². The van der Waals surface area contributed by atoms with Crippen LogP contribution in [0.2, 0.25) is 0 Å². The Morgan fingerprint density at radius 3 is 2.80 bits per heavy atom. The highest BCUT2D eigenvalue weighted by Gasteiger charge is 2.11. The molecule has 0 amide bonds. The molecule has 0 aliphatic heterocycles. The Bertz CT molecular complexity index is 361. The van der Waals surface area contributed by atoms with E-state index in [0.717, 1.165) is 5.57 Å². The number of aromatic hydroxyl groups is 1. The Labute approximate surface area is 90.2 Å². The summed E-state index contributed by atoms with van der Waals surface area (Å²) in [6.07, 6.45) is 0.653. The summed E-state index contributed by atoms with van der Waals surface area (Å²) in [6, 6.07) is 4.81. The molecule has 0 saturated heterocycles. The lowest BCUT2D eigenvalue weighted by Gasteiger charge is -2.14. The zero-order valence-corrected chi connectivity index (χ0v) is 9.16. The Balaban J connectivity index is 2.95. The van der Waals surface area contributed by atoms with Gasteiger partial charge in [0.2, 0.25) is 0 Å². The van der Waals surface area contributed by atoms with E-state index in [1.54, 1.807) is 25.3 Å². The molecule has 0 aromatic heterocycles. The molecule has 0 aliphatic rings. The Morgan fingerprint density at radius 1 is 1.60 bits per heavy atom. The number of methoxy groups -OCH3 is 1. The minimum atomic E-state index is -0.238. The van der Waals surface area contributed by atoms with Gasteiger partial charge >= 0.3 is 0 Å². The molecule has 0 radical (unpaired) electrons. The zero-order chi connectivity index (χ0) is 11.4. The van der Waals surface area contributed by atoms with Gasteiger partial charge < -0.3 is 15.6 Å². The summed E-state index contributed by atoms with van der Waals surface area (Å²) in [6.45, 7) is 5.71. The van der Waals surface area contributed by atoms with Crippen LogP contribution >= 0.6 is 0 Å². The van der Waals surface area contributed by atoms with Crippen molar-refractivity contribution in [2.24, 2.45) is 5.73 Å². The molecule has 0 unspecified atom stereocenters. The van der Waals surface area contributed by atoms with E-state index >= 15 is 0 Å². The third-order valence-electron chi connectivity index (χ3n) is 2.20. The first-order valence-corrected chi connectivity index (χ1v) is 4.81. The lowest BCUT2D eigenvalue weighted by Crippen LogP contribution is -2.10. The van der Waals surface area contributed by atoms with Crippen LogP contribution in [0.3, 0.4) is 0 Å². The second kappa shape index (κ2) is 4.84. The van der Waals surface area contributed by atoms with E-state index in [2.05, 4.69) is 6.58 Å². The Kier molecular flexibility index (Phi) is 3.74. The summed E-state index contributed by atoms with van der Waals surface area (Å²) >= 11 is 0. The first kappa shape index (κ1) is 11.6. The summed E-state index contributed by atoms with van der Waals surface area (Å²) in [5, 5.41) is 9.65. The van der Waals surface area contributed by atoms with Crippen molar-refractivity contribution in [1.82, 2.24) is 0 Å². The average molecular weight is 207 g/mol. The van der Waals surface area contributed by atoms with Crippen LogP contribution in [0.5, 0.6) is 11.5 Å². The first-order chi connectivity index (χ1) is 7.04. The van der Waals surface area contributed by atoms with E-state index in [-0.39, 0.29) is 11.8 Å². The molecule has 82 valence electrons. The summed E-state index contributed by atoms with van der Waals surface area (Å²) < 4.78 is 5.08. The molecule has 1 aromatic rings. The highest BCUT2D eigenvalue weighted by atomic mass is 16.5. The van der Waals surface area contributed by atoms with E-state index in [4.69, 9.17) is 10.5 Å². The van der Waals surface area contributed by atoms with Crippen molar-refractivity contribution in [1.29, 1.82) is 0 Å². The van der Waals surface area contributed by atoms with Crippen LogP contribution in [0.4, 0.5) is 0 Å². The molecule has 3 nitrogen and oxygen atoms in total. The van der Waals surface area contributed by atoms with Crippen molar-refractivity contribution < 1.29 is 9.84 Å². The second-order valence-electron chi connectivity index (χ2n) is 3.69. The van der Waals surface area contributed by atoms with Crippen LogP contribution in [0.25, 0.3) is 0 Å². The minimum Gasteiger partial charge on any atom is -0.508 e. The second-order valence-corrected chi connectivity index (χ2v) is 3.69. The maximum Gasteiger partial charge on any atom is 0.120 e. The van der Waals surface area contributed by atoms with Gasteiger partial charge in [0.05, 0.1) is 7.11 Å². The van der Waals surface area contributed by atoms with Crippen molar-refractivity contribution in [3.63, 3.8) is 0 Å². The third kappa shape index (κ3) is 2.99. The van der Waals surface area contributed by atoms with Crippen molar-refractivity contribution in [3.05, 3.63) is 35.9 Å². The smallest absolute Gasteiger partial charge is 0.120 e. The van der Waals surface area contributed by atoms with Crippen molar-refractivity contribution in [3.8, 4) is 11.5 Å². The predicted molar refractivity (Wildman–Crippen MR) is 61.0 cm³/mol. The molecule has 3 N–H and O–H groups in total. The van der Waals surface area contributed by atoms with E-state index in [9.17, 15) is 5.11 Å². The molecular weight excluding hydrogens is 190 g/mol. The van der Waals surface area contributed by atoms with Crippen LogP contribution in [0.15, 0.2) is 30.4 Å². The van der Waals surface area contributed by atoms with Crippen LogP contribution in [0.1, 0.15) is 24.9 Å². The lowest BCUT2D eigenvalue weighted by atomic mass is 10.00. The van der Waals surface area contributed by atoms with Gasteiger partial charge in [-0.1, -0.05) is 5.57 Å². The van der Waals surface area contributed by atoms with Crippen LogP contribution in [-0.4, -0.2) is 12.2 Å². The molecule has 1 aromatic carbocycles. The van der Waals surface area contributed by atoms with Gasteiger partial charge in [-0.15, -0.1) is 6.58 Å². The maximum atomic E-state index is 9.65. The normalized spacial score (nSPS) is 12.2. The van der Waals surface area contributed by atoms with Crippen LogP contribution < -0.4 is 10.5 Å². The number of phenolic OH excluding ortho intramolecular Hbond substituents is 1. The van der Waals surface area contributed by atoms with E-state index in [1.165, 1.54) is 0 Å². The molecular formula is C12H17NO2. The van der Waals surface area contributed by atoms with Crippen molar-refractivity contribution >= 4 is 0 Å². The lowest BCUT2D eigenvalue weighted by molar-refractivity contribution is 0.409. The molecule has 0 spiro atoms. The molecule has 0 heterocycles. The highest BCUT2D eigenvalue weighted by Crippen LogP contribution is 2.29. The SMILES string of the molecule is C=C(C)C[C@H](N)c1cc(OC)ccc1O. The van der Waals surface area contributed by atoms with E-state index in [1.807, 2.05) is 6.92 Å². The number of hydrogen-bond donors (Lipinski definition) is 2. The van der Waals surface area contributed by atoms with Gasteiger partial charge in [-0.3, -0.25) is 0 Å². The Morgan fingerprint density at radius 2 is 2.27 bits per heavy atom. The third-order valence-corrected chi connectivity index (χ3v) is 2.20. The van der Waals surface area contributed by atoms with Crippen LogP contribution in [-0.2, 0) is 0 Å². The fourth-order valence-electron chi connectivity index (χ4n) is 1.44. The first-order valence-electron chi connectivity index (χ1n) is 4.81. The predicted octanol–water partition coefficient (Wildman–Crippen LogP) is 2.37. The van der Waals surface area contributed by atoms with Gasteiger partial charge in [-0.2, -0.15) is 0 Å². The number of phenols is 1. The minimum absolute atomic E-state index is 0.199. The van der Waals surface area contributed by atoms with Crippen LogP contribution in [0, 0.1) is 0 Å². The van der Waals surface area contributed by atoms with E-state index in [0.29, 0.717) is 17.7 Å². The number of rotatable bonds is 4.